The Labute approximate surface area is 121 Å². The van der Waals surface area contributed by atoms with Crippen LogP contribution in [0.3, 0.4) is 0 Å². The van der Waals surface area contributed by atoms with E-state index >= 15 is 0 Å². The number of rotatable bonds is 5. The van der Waals surface area contributed by atoms with Crippen molar-refractivity contribution in [2.24, 2.45) is 5.84 Å². The van der Waals surface area contributed by atoms with E-state index in [1.807, 2.05) is 19.1 Å². The highest BCUT2D eigenvalue weighted by Crippen LogP contribution is 2.21. The maximum Gasteiger partial charge on any atom is 0.194 e. The maximum atomic E-state index is 13.3. The summed E-state index contributed by atoms with van der Waals surface area (Å²) in [5, 5.41) is 0. The van der Waals surface area contributed by atoms with Gasteiger partial charge in [-0.25, -0.2) is 13.2 Å². The first kappa shape index (κ1) is 15.5. The number of halogens is 3. The molecule has 2 aromatic rings. The van der Waals surface area contributed by atoms with Crippen molar-refractivity contribution in [2.75, 3.05) is 0 Å². The molecule has 0 bridgehead atoms. The van der Waals surface area contributed by atoms with E-state index in [0.717, 1.165) is 29.8 Å². The van der Waals surface area contributed by atoms with Crippen LogP contribution in [0.25, 0.3) is 0 Å². The number of hydrazine groups is 1. The Morgan fingerprint density at radius 3 is 2.33 bits per heavy atom. The number of pyridine rings is 1. The van der Waals surface area contributed by atoms with Crippen molar-refractivity contribution in [1.82, 2.24) is 10.4 Å². The van der Waals surface area contributed by atoms with Crippen LogP contribution in [0, 0.1) is 17.5 Å². The minimum atomic E-state index is -1.49. The Kier molecular flexibility index (Phi) is 4.93. The molecule has 1 heterocycles. The van der Waals surface area contributed by atoms with Gasteiger partial charge >= 0.3 is 0 Å². The minimum absolute atomic E-state index is 0.232. The Morgan fingerprint density at radius 2 is 1.86 bits per heavy atom. The highest BCUT2D eigenvalue weighted by atomic mass is 19.2. The molecule has 0 aliphatic carbocycles. The maximum absolute atomic E-state index is 13.3. The van der Waals surface area contributed by atoms with Crippen molar-refractivity contribution in [2.45, 2.75) is 25.8 Å². The molecule has 0 aliphatic rings. The predicted octanol–water partition coefficient (Wildman–Crippen LogP) is 2.81. The molecule has 2 rings (SSSR count). The van der Waals surface area contributed by atoms with E-state index in [1.54, 1.807) is 6.20 Å². The summed E-state index contributed by atoms with van der Waals surface area (Å²) in [6.45, 7) is 2.02. The Balaban J connectivity index is 2.23. The number of nitrogens with one attached hydrogen (secondary N) is 1. The normalized spacial score (nSPS) is 12.4. The molecule has 6 heteroatoms. The van der Waals surface area contributed by atoms with Crippen molar-refractivity contribution >= 4 is 0 Å². The van der Waals surface area contributed by atoms with E-state index in [9.17, 15) is 13.2 Å². The molecule has 3 nitrogen and oxygen atoms in total. The monoisotopic (exact) mass is 295 g/mol. The summed E-state index contributed by atoms with van der Waals surface area (Å²) in [4.78, 5) is 4.27. The summed E-state index contributed by atoms with van der Waals surface area (Å²) in [5.41, 5.74) is 4.52. The van der Waals surface area contributed by atoms with Crippen LogP contribution in [0.15, 0.2) is 30.5 Å². The van der Waals surface area contributed by atoms with Gasteiger partial charge in [0, 0.05) is 18.3 Å². The van der Waals surface area contributed by atoms with Crippen molar-refractivity contribution < 1.29 is 13.2 Å². The van der Waals surface area contributed by atoms with Crippen LogP contribution >= 0.6 is 0 Å². The van der Waals surface area contributed by atoms with Gasteiger partial charge < -0.3 is 0 Å². The molecule has 21 heavy (non-hydrogen) atoms. The standard InChI is InChI=1S/C15H16F3N3/c1-2-9-3-4-11(20-8-9)7-14(21-19)10-5-12(16)15(18)13(17)6-10/h3-6,8,14,21H,2,7,19H2,1H3. The van der Waals surface area contributed by atoms with Crippen LogP contribution < -0.4 is 11.3 Å². The summed E-state index contributed by atoms with van der Waals surface area (Å²) in [6, 6.07) is 5.07. The van der Waals surface area contributed by atoms with Gasteiger partial charge in [0.1, 0.15) is 0 Å². The van der Waals surface area contributed by atoms with Gasteiger partial charge in [-0.2, -0.15) is 0 Å². The Morgan fingerprint density at radius 1 is 1.19 bits per heavy atom. The van der Waals surface area contributed by atoms with E-state index < -0.39 is 23.5 Å². The molecule has 0 aliphatic heterocycles. The van der Waals surface area contributed by atoms with Gasteiger partial charge in [-0.1, -0.05) is 13.0 Å². The van der Waals surface area contributed by atoms with Gasteiger partial charge in [0.2, 0.25) is 0 Å². The molecule has 0 amide bonds. The molecule has 0 radical (unpaired) electrons. The number of hydrogen-bond donors (Lipinski definition) is 2. The summed E-state index contributed by atoms with van der Waals surface area (Å²) >= 11 is 0. The molecule has 1 unspecified atom stereocenters. The second-order valence-electron chi connectivity index (χ2n) is 4.73. The summed E-state index contributed by atoms with van der Waals surface area (Å²) in [5.74, 6) is 1.47. The minimum Gasteiger partial charge on any atom is -0.271 e. The fraction of sp³-hybridized carbons (Fsp3) is 0.267. The van der Waals surface area contributed by atoms with Crippen LogP contribution in [0.5, 0.6) is 0 Å². The molecule has 1 aromatic carbocycles. The first-order valence-corrected chi connectivity index (χ1v) is 6.59. The van der Waals surface area contributed by atoms with Crippen LogP contribution in [0.4, 0.5) is 13.2 Å². The molecule has 1 atom stereocenters. The zero-order valence-electron chi connectivity index (χ0n) is 11.5. The molecule has 0 saturated carbocycles. The van der Waals surface area contributed by atoms with Crippen LogP contribution in [0.2, 0.25) is 0 Å². The van der Waals surface area contributed by atoms with Gasteiger partial charge in [0.25, 0.3) is 0 Å². The second-order valence-corrected chi connectivity index (χ2v) is 4.73. The lowest BCUT2D eigenvalue weighted by atomic mass is 10.0. The highest BCUT2D eigenvalue weighted by molar-refractivity contribution is 5.24. The lowest BCUT2D eigenvalue weighted by Crippen LogP contribution is -2.30. The van der Waals surface area contributed by atoms with E-state index in [1.165, 1.54) is 0 Å². The zero-order valence-corrected chi connectivity index (χ0v) is 11.5. The topological polar surface area (TPSA) is 50.9 Å². The number of nitrogens with two attached hydrogens (primary N) is 1. The average Bonchev–Trinajstić information content (AvgIpc) is 2.50. The third-order valence-corrected chi connectivity index (χ3v) is 3.32. The number of nitrogens with zero attached hydrogens (tertiary/aromatic N) is 1. The summed E-state index contributed by atoms with van der Waals surface area (Å²) in [6.07, 6.45) is 2.96. The summed E-state index contributed by atoms with van der Waals surface area (Å²) < 4.78 is 39.5. The fourth-order valence-electron chi connectivity index (χ4n) is 2.04. The fourth-order valence-corrected chi connectivity index (χ4v) is 2.04. The van der Waals surface area contributed by atoms with E-state index in [0.29, 0.717) is 6.42 Å². The molecule has 0 saturated heterocycles. The van der Waals surface area contributed by atoms with Crippen molar-refractivity contribution in [3.8, 4) is 0 Å². The SMILES string of the molecule is CCc1ccc(CC(NN)c2cc(F)c(F)c(F)c2)nc1. The lowest BCUT2D eigenvalue weighted by molar-refractivity contribution is 0.439. The molecule has 0 spiro atoms. The molecule has 1 aromatic heterocycles. The van der Waals surface area contributed by atoms with Gasteiger partial charge in [-0.15, -0.1) is 0 Å². The van der Waals surface area contributed by atoms with E-state index in [2.05, 4.69) is 10.4 Å². The molecule has 112 valence electrons. The highest BCUT2D eigenvalue weighted by Gasteiger charge is 2.17. The number of benzene rings is 1. The van der Waals surface area contributed by atoms with Gasteiger partial charge in [-0.05, 0) is 35.7 Å². The Bertz CT molecular complexity index is 591. The quantitative estimate of drug-likeness (QED) is 0.506. The second kappa shape index (κ2) is 6.69. The lowest BCUT2D eigenvalue weighted by Gasteiger charge is -2.16. The van der Waals surface area contributed by atoms with E-state index in [4.69, 9.17) is 5.84 Å². The molecule has 0 fully saturated rings. The van der Waals surface area contributed by atoms with Gasteiger partial charge in [0.05, 0.1) is 6.04 Å². The van der Waals surface area contributed by atoms with Crippen molar-refractivity contribution in [1.29, 1.82) is 0 Å². The predicted molar refractivity (Wildman–Crippen MR) is 73.7 cm³/mol. The van der Waals surface area contributed by atoms with E-state index in [-0.39, 0.29) is 5.56 Å². The number of aromatic nitrogens is 1. The smallest absolute Gasteiger partial charge is 0.194 e. The van der Waals surface area contributed by atoms with Crippen molar-refractivity contribution in [3.63, 3.8) is 0 Å². The molecular formula is C15H16F3N3. The van der Waals surface area contributed by atoms with Crippen LogP contribution in [0.1, 0.15) is 29.8 Å². The first-order chi connectivity index (χ1) is 10.0. The van der Waals surface area contributed by atoms with Crippen LogP contribution in [-0.2, 0) is 12.8 Å². The Hall–Kier alpha value is -1.92. The largest absolute Gasteiger partial charge is 0.271 e. The van der Waals surface area contributed by atoms with Crippen LogP contribution in [-0.4, -0.2) is 4.98 Å². The van der Waals surface area contributed by atoms with Gasteiger partial charge in [0.15, 0.2) is 17.5 Å². The van der Waals surface area contributed by atoms with Gasteiger partial charge in [-0.3, -0.25) is 16.3 Å². The number of aryl methyl sites for hydroxylation is 1. The third kappa shape index (κ3) is 3.59. The molecular weight excluding hydrogens is 279 g/mol. The number of hydrogen-bond acceptors (Lipinski definition) is 3. The zero-order chi connectivity index (χ0) is 15.4. The average molecular weight is 295 g/mol. The third-order valence-electron chi connectivity index (χ3n) is 3.32. The first-order valence-electron chi connectivity index (χ1n) is 6.59. The molecule has 3 N–H and O–H groups in total. The summed E-state index contributed by atoms with van der Waals surface area (Å²) in [7, 11) is 0. The van der Waals surface area contributed by atoms with Crippen molar-refractivity contribution in [3.05, 3.63) is 64.7 Å².